The summed E-state index contributed by atoms with van der Waals surface area (Å²) in [5, 5.41) is 12.4. The molecule has 1 saturated heterocycles. The van der Waals surface area contributed by atoms with E-state index in [1.54, 1.807) is 11.3 Å². The van der Waals surface area contributed by atoms with E-state index in [2.05, 4.69) is 15.3 Å². The van der Waals surface area contributed by atoms with E-state index in [4.69, 9.17) is 16.7 Å². The molecule has 0 atom stereocenters. The first-order valence-corrected chi connectivity index (χ1v) is 8.55. The normalized spacial score (nSPS) is 18.0. The van der Waals surface area contributed by atoms with Gasteiger partial charge in [0, 0.05) is 12.0 Å². The zero-order valence-electron chi connectivity index (χ0n) is 11.4. The van der Waals surface area contributed by atoms with Gasteiger partial charge in [-0.1, -0.05) is 0 Å². The van der Waals surface area contributed by atoms with Crippen LogP contribution in [-0.2, 0) is 12.3 Å². The van der Waals surface area contributed by atoms with E-state index in [1.807, 2.05) is 0 Å². The molecule has 0 radical (unpaired) electrons. The molecule has 0 amide bonds. The zero-order chi connectivity index (χ0) is 13.5. The largest absolute Gasteiger partial charge is 0.396 e. The molecule has 1 fully saturated rings. The summed E-state index contributed by atoms with van der Waals surface area (Å²) in [6, 6.07) is 0. The van der Waals surface area contributed by atoms with Gasteiger partial charge in [0.1, 0.15) is 0 Å². The summed E-state index contributed by atoms with van der Waals surface area (Å²) >= 11 is 7.47. The first-order chi connectivity index (χ1) is 9.31. The Hall–Kier alpha value is -0.160. The van der Waals surface area contributed by atoms with E-state index >= 15 is 0 Å². The number of aliphatic hydroxyl groups excluding tert-OH is 1. The average Bonchev–Trinajstić information content (AvgIpc) is 2.92. The summed E-state index contributed by atoms with van der Waals surface area (Å²) < 4.78 is 0. The number of piperidine rings is 1. The van der Waals surface area contributed by atoms with Crippen molar-refractivity contribution in [2.75, 3.05) is 26.2 Å². The number of aromatic nitrogens is 1. The third kappa shape index (κ3) is 5.03. The fourth-order valence-corrected chi connectivity index (χ4v) is 3.60. The highest BCUT2D eigenvalue weighted by Crippen LogP contribution is 2.17. The van der Waals surface area contributed by atoms with Gasteiger partial charge in [-0.3, -0.25) is 0 Å². The Balaban J connectivity index is 1.57. The zero-order valence-corrected chi connectivity index (χ0v) is 12.9. The van der Waals surface area contributed by atoms with E-state index in [0.29, 0.717) is 18.4 Å². The molecular weight excluding hydrogens is 280 g/mol. The minimum Gasteiger partial charge on any atom is -0.396 e. The highest BCUT2D eigenvalue weighted by Gasteiger charge is 2.17. The molecule has 3 nitrogen and oxygen atoms in total. The Labute approximate surface area is 124 Å². The van der Waals surface area contributed by atoms with Gasteiger partial charge in [-0.15, -0.1) is 22.9 Å². The van der Waals surface area contributed by atoms with Gasteiger partial charge < -0.3 is 10.0 Å². The number of nitrogens with zero attached hydrogens (tertiary/aromatic N) is 2. The number of hydrogen-bond acceptors (Lipinski definition) is 4. The predicted octanol–water partition coefficient (Wildman–Crippen LogP) is 2.91. The first kappa shape index (κ1) is 15.2. The van der Waals surface area contributed by atoms with Crippen LogP contribution in [0.5, 0.6) is 0 Å². The predicted molar refractivity (Wildman–Crippen MR) is 80.9 cm³/mol. The third-order valence-electron chi connectivity index (χ3n) is 3.82. The van der Waals surface area contributed by atoms with E-state index < -0.39 is 0 Å². The second-order valence-corrected chi connectivity index (χ2v) is 6.50. The van der Waals surface area contributed by atoms with Crippen molar-refractivity contribution in [3.8, 4) is 0 Å². The van der Waals surface area contributed by atoms with Gasteiger partial charge in [-0.05, 0) is 57.7 Å². The van der Waals surface area contributed by atoms with Gasteiger partial charge in [-0.2, -0.15) is 0 Å². The second-order valence-electron chi connectivity index (χ2n) is 5.29. The van der Waals surface area contributed by atoms with Gasteiger partial charge in [0.15, 0.2) is 0 Å². The fourth-order valence-electron chi connectivity index (χ4n) is 2.53. The average molecular weight is 303 g/mol. The van der Waals surface area contributed by atoms with Crippen molar-refractivity contribution in [3.63, 3.8) is 0 Å². The Morgan fingerprint density at radius 1 is 1.37 bits per heavy atom. The number of thiazole rings is 1. The molecular formula is C14H23ClN2OS. The molecule has 108 valence electrons. The molecule has 1 N–H and O–H groups in total. The highest BCUT2D eigenvalue weighted by atomic mass is 35.5. The Kier molecular flexibility index (Phi) is 6.57. The van der Waals surface area contributed by atoms with Crippen molar-refractivity contribution in [2.24, 2.45) is 5.92 Å². The van der Waals surface area contributed by atoms with Crippen LogP contribution in [-0.4, -0.2) is 41.2 Å². The van der Waals surface area contributed by atoms with Gasteiger partial charge in [0.05, 0.1) is 16.6 Å². The number of likely N-dealkylation sites (tertiary alicyclic amines) is 1. The number of aliphatic hydroxyl groups is 1. The van der Waals surface area contributed by atoms with Crippen LogP contribution in [0.2, 0.25) is 0 Å². The maximum Gasteiger partial charge on any atom is 0.0928 e. The molecule has 0 bridgehead atoms. The lowest BCUT2D eigenvalue weighted by Crippen LogP contribution is -2.35. The van der Waals surface area contributed by atoms with Crippen LogP contribution in [0.15, 0.2) is 5.38 Å². The smallest absolute Gasteiger partial charge is 0.0928 e. The third-order valence-corrected chi connectivity index (χ3v) is 5.05. The van der Waals surface area contributed by atoms with Gasteiger partial charge in [0.2, 0.25) is 0 Å². The molecule has 0 unspecified atom stereocenters. The molecule has 1 aromatic heterocycles. The van der Waals surface area contributed by atoms with E-state index in [-0.39, 0.29) is 0 Å². The number of aryl methyl sites for hydroxylation is 1. The van der Waals surface area contributed by atoms with Crippen LogP contribution in [0.3, 0.4) is 0 Å². The monoisotopic (exact) mass is 302 g/mol. The minimum atomic E-state index is 0.362. The van der Waals surface area contributed by atoms with Crippen LogP contribution >= 0.6 is 22.9 Å². The van der Waals surface area contributed by atoms with E-state index in [9.17, 15) is 0 Å². The second kappa shape index (κ2) is 8.20. The lowest BCUT2D eigenvalue weighted by Gasteiger charge is -2.30. The number of unbranched alkanes of at least 4 members (excludes halogenated alkanes) is 1. The number of halogens is 1. The van der Waals surface area contributed by atoms with Crippen molar-refractivity contribution in [1.82, 2.24) is 9.88 Å². The first-order valence-electron chi connectivity index (χ1n) is 7.14. The van der Waals surface area contributed by atoms with Crippen LogP contribution in [0, 0.1) is 5.92 Å². The van der Waals surface area contributed by atoms with Crippen molar-refractivity contribution in [1.29, 1.82) is 0 Å². The molecule has 1 aromatic rings. The minimum absolute atomic E-state index is 0.362. The van der Waals surface area contributed by atoms with Gasteiger partial charge in [-0.25, -0.2) is 4.98 Å². The van der Waals surface area contributed by atoms with Crippen molar-refractivity contribution in [2.45, 2.75) is 38.0 Å². The van der Waals surface area contributed by atoms with E-state index in [1.165, 1.54) is 24.4 Å². The molecule has 5 heteroatoms. The maximum atomic E-state index is 9.11. The summed E-state index contributed by atoms with van der Waals surface area (Å²) in [5.74, 6) is 1.07. The molecule has 0 aliphatic carbocycles. The summed E-state index contributed by atoms with van der Waals surface area (Å²) in [5.41, 5.74) is 1.01. The molecule has 0 saturated carbocycles. The molecule has 0 spiro atoms. The lowest BCUT2D eigenvalue weighted by molar-refractivity contribution is 0.130. The molecule has 2 rings (SSSR count). The lowest BCUT2D eigenvalue weighted by atomic mass is 9.98. The van der Waals surface area contributed by atoms with Gasteiger partial charge in [0.25, 0.3) is 0 Å². The van der Waals surface area contributed by atoms with Crippen LogP contribution in [0.4, 0.5) is 0 Å². The molecule has 1 aliphatic heterocycles. The quantitative estimate of drug-likeness (QED) is 0.621. The van der Waals surface area contributed by atoms with Crippen LogP contribution in [0.25, 0.3) is 0 Å². The maximum absolute atomic E-state index is 9.11. The van der Waals surface area contributed by atoms with Gasteiger partial charge >= 0.3 is 0 Å². The number of rotatable bonds is 7. The molecule has 0 aromatic carbocycles. The Morgan fingerprint density at radius 3 is 2.79 bits per heavy atom. The Bertz CT molecular complexity index is 364. The summed E-state index contributed by atoms with van der Waals surface area (Å²) in [7, 11) is 0. The highest BCUT2D eigenvalue weighted by molar-refractivity contribution is 7.09. The van der Waals surface area contributed by atoms with Crippen LogP contribution < -0.4 is 0 Å². The summed E-state index contributed by atoms with van der Waals surface area (Å²) in [6.45, 7) is 3.85. The SMILES string of the molecule is OCC1CCN(CCCCc2nc(CCl)cs2)CC1. The molecule has 2 heterocycles. The molecule has 19 heavy (non-hydrogen) atoms. The topological polar surface area (TPSA) is 36.4 Å². The van der Waals surface area contributed by atoms with Crippen molar-refractivity contribution in [3.05, 3.63) is 16.1 Å². The van der Waals surface area contributed by atoms with Crippen LogP contribution in [0.1, 0.15) is 36.4 Å². The van der Waals surface area contributed by atoms with Crippen molar-refractivity contribution < 1.29 is 5.11 Å². The van der Waals surface area contributed by atoms with Crippen molar-refractivity contribution >= 4 is 22.9 Å². The Morgan fingerprint density at radius 2 is 2.16 bits per heavy atom. The van der Waals surface area contributed by atoms with E-state index in [0.717, 1.165) is 38.0 Å². The fraction of sp³-hybridized carbons (Fsp3) is 0.786. The number of hydrogen-bond donors (Lipinski definition) is 1. The summed E-state index contributed by atoms with van der Waals surface area (Å²) in [4.78, 5) is 7.01. The number of alkyl halides is 1. The summed E-state index contributed by atoms with van der Waals surface area (Å²) in [6.07, 6.45) is 5.83. The standard InChI is InChI=1S/C14H23ClN2OS/c15-9-13-11-19-14(16-13)3-1-2-6-17-7-4-12(10-18)5-8-17/h11-12,18H,1-10H2. The molecule has 1 aliphatic rings.